The van der Waals surface area contributed by atoms with Gasteiger partial charge in [-0.25, -0.2) is 0 Å². The average molecular weight is 334 g/mol. The second-order valence-electron chi connectivity index (χ2n) is 4.64. The van der Waals surface area contributed by atoms with Gasteiger partial charge in [0.05, 0.1) is 16.3 Å². The predicted octanol–water partition coefficient (Wildman–Crippen LogP) is 5.93. The molecule has 0 aliphatic heterocycles. The van der Waals surface area contributed by atoms with Crippen molar-refractivity contribution in [1.29, 1.82) is 0 Å². The Morgan fingerprint density at radius 1 is 1.00 bits per heavy atom. The molecule has 0 heterocycles. The van der Waals surface area contributed by atoms with Crippen LogP contribution in [0.3, 0.4) is 0 Å². The van der Waals surface area contributed by atoms with Crippen molar-refractivity contribution in [3.05, 3.63) is 63.1 Å². The first-order valence-corrected chi connectivity index (χ1v) is 6.88. The van der Waals surface area contributed by atoms with E-state index in [1.54, 1.807) is 6.07 Å². The molecule has 0 radical (unpaired) electrons. The van der Waals surface area contributed by atoms with E-state index in [2.05, 4.69) is 5.32 Å². The molecule has 0 spiro atoms. The molecule has 0 atom stereocenters. The maximum Gasteiger partial charge on any atom is 0.416 e. The molecule has 6 heteroatoms. The number of hydrogen-bond donors (Lipinski definition) is 1. The van der Waals surface area contributed by atoms with Gasteiger partial charge in [0.15, 0.2) is 0 Å². The van der Waals surface area contributed by atoms with E-state index in [4.69, 9.17) is 23.2 Å². The minimum absolute atomic E-state index is 0.225. The molecule has 1 nitrogen and oxygen atoms in total. The van der Waals surface area contributed by atoms with Crippen LogP contribution in [0.2, 0.25) is 10.0 Å². The second-order valence-corrected chi connectivity index (χ2v) is 5.46. The highest BCUT2D eigenvalue weighted by Crippen LogP contribution is 2.34. The van der Waals surface area contributed by atoms with Gasteiger partial charge in [-0.3, -0.25) is 0 Å². The minimum Gasteiger partial charge on any atom is -0.380 e. The highest BCUT2D eigenvalue weighted by molar-refractivity contribution is 6.33. The van der Waals surface area contributed by atoms with Crippen molar-refractivity contribution in [2.24, 2.45) is 0 Å². The summed E-state index contributed by atoms with van der Waals surface area (Å²) >= 11 is 12.0. The van der Waals surface area contributed by atoms with Gasteiger partial charge in [0.2, 0.25) is 0 Å². The summed E-state index contributed by atoms with van der Waals surface area (Å²) in [5.41, 5.74) is 1.28. The lowest BCUT2D eigenvalue weighted by atomic mass is 10.1. The normalized spacial score (nSPS) is 11.5. The van der Waals surface area contributed by atoms with Gasteiger partial charge < -0.3 is 5.32 Å². The molecule has 0 saturated heterocycles. The monoisotopic (exact) mass is 333 g/mol. The number of alkyl halides is 3. The highest BCUT2D eigenvalue weighted by Gasteiger charge is 2.30. The van der Waals surface area contributed by atoms with Crippen LogP contribution < -0.4 is 5.32 Å². The summed E-state index contributed by atoms with van der Waals surface area (Å²) < 4.78 is 38.0. The number of hydrogen-bond acceptors (Lipinski definition) is 1. The largest absolute Gasteiger partial charge is 0.416 e. The number of benzene rings is 2. The maximum atomic E-state index is 12.7. The third-order valence-electron chi connectivity index (χ3n) is 2.97. The van der Waals surface area contributed by atoms with Crippen LogP contribution in [-0.4, -0.2) is 0 Å². The van der Waals surface area contributed by atoms with Crippen LogP contribution in [-0.2, 0) is 12.7 Å². The molecule has 0 amide bonds. The summed E-state index contributed by atoms with van der Waals surface area (Å²) in [5.74, 6) is 0. The van der Waals surface area contributed by atoms with E-state index in [-0.39, 0.29) is 10.7 Å². The van der Waals surface area contributed by atoms with E-state index in [0.29, 0.717) is 11.6 Å². The molecule has 2 rings (SSSR count). The molecule has 0 aliphatic rings. The summed E-state index contributed by atoms with van der Waals surface area (Å²) in [7, 11) is 0. The van der Waals surface area contributed by atoms with Crippen LogP contribution in [0.15, 0.2) is 36.4 Å². The Bertz CT molecular complexity index is 654. The first-order chi connectivity index (χ1) is 9.77. The van der Waals surface area contributed by atoms with Gasteiger partial charge in [0, 0.05) is 11.6 Å². The maximum absolute atomic E-state index is 12.7. The molecule has 0 unspecified atom stereocenters. The zero-order chi connectivity index (χ0) is 15.6. The fourth-order valence-electron chi connectivity index (χ4n) is 1.82. The average Bonchev–Trinajstić information content (AvgIpc) is 2.38. The zero-order valence-corrected chi connectivity index (χ0v) is 12.6. The van der Waals surface area contributed by atoms with Gasteiger partial charge in [-0.05, 0) is 42.3 Å². The Hall–Kier alpha value is -1.39. The zero-order valence-electron chi connectivity index (χ0n) is 11.1. The van der Waals surface area contributed by atoms with Crippen molar-refractivity contribution in [1.82, 2.24) is 0 Å². The van der Waals surface area contributed by atoms with Gasteiger partial charge in [-0.2, -0.15) is 13.2 Å². The summed E-state index contributed by atoms with van der Waals surface area (Å²) in [5, 5.41) is 3.67. The fraction of sp³-hybridized carbons (Fsp3) is 0.200. The van der Waals surface area contributed by atoms with Gasteiger partial charge in [0.1, 0.15) is 0 Å². The quantitative estimate of drug-likeness (QED) is 0.733. The molecule has 0 aliphatic carbocycles. The first-order valence-electron chi connectivity index (χ1n) is 6.13. The number of aryl methyl sites for hydroxylation is 1. The first kappa shape index (κ1) is 16.0. The predicted molar refractivity (Wildman–Crippen MR) is 80.0 cm³/mol. The van der Waals surface area contributed by atoms with E-state index >= 15 is 0 Å². The molecule has 0 fully saturated rings. The Kier molecular flexibility index (Phi) is 4.69. The summed E-state index contributed by atoms with van der Waals surface area (Å²) in [6.07, 6.45) is -4.40. The number of halogens is 5. The van der Waals surface area contributed by atoms with E-state index in [1.165, 1.54) is 6.07 Å². The summed E-state index contributed by atoms with van der Waals surface area (Å²) in [4.78, 5) is 0. The molecular formula is C15H12Cl2F3N. The third kappa shape index (κ3) is 4.05. The molecule has 0 bridgehead atoms. The second kappa shape index (κ2) is 6.16. The Morgan fingerprint density at radius 3 is 2.33 bits per heavy atom. The molecule has 0 saturated carbocycles. The summed E-state index contributed by atoms with van der Waals surface area (Å²) in [6, 6.07) is 8.68. The van der Waals surface area contributed by atoms with Gasteiger partial charge in [-0.15, -0.1) is 0 Å². The van der Waals surface area contributed by atoms with Crippen LogP contribution >= 0.6 is 23.2 Å². The van der Waals surface area contributed by atoms with E-state index in [1.807, 2.05) is 19.1 Å². The van der Waals surface area contributed by atoms with Crippen LogP contribution in [0, 0.1) is 6.92 Å². The topological polar surface area (TPSA) is 12.0 Å². The molecule has 2 aromatic rings. The SMILES string of the molecule is Cc1ccc(CNc2cc(C(F)(F)F)ccc2Cl)c(Cl)c1. The van der Waals surface area contributed by atoms with Crippen LogP contribution in [0.25, 0.3) is 0 Å². The highest BCUT2D eigenvalue weighted by atomic mass is 35.5. The van der Waals surface area contributed by atoms with Crippen molar-refractivity contribution >= 4 is 28.9 Å². The third-order valence-corrected chi connectivity index (χ3v) is 3.65. The van der Waals surface area contributed by atoms with Gasteiger partial charge in [0.25, 0.3) is 0 Å². The minimum atomic E-state index is -4.40. The van der Waals surface area contributed by atoms with E-state index < -0.39 is 11.7 Å². The molecule has 1 N–H and O–H groups in total. The number of rotatable bonds is 3. The van der Waals surface area contributed by atoms with Crippen molar-refractivity contribution in [2.45, 2.75) is 19.6 Å². The van der Waals surface area contributed by atoms with Crippen molar-refractivity contribution < 1.29 is 13.2 Å². The summed E-state index contributed by atoms with van der Waals surface area (Å²) in [6.45, 7) is 2.20. The lowest BCUT2D eigenvalue weighted by molar-refractivity contribution is -0.137. The number of nitrogens with one attached hydrogen (secondary N) is 1. The lowest BCUT2D eigenvalue weighted by Crippen LogP contribution is -2.07. The standard InChI is InChI=1S/C15H12Cl2F3N/c1-9-2-3-10(13(17)6-9)8-21-14-7-11(15(18,19)20)4-5-12(14)16/h2-7,21H,8H2,1H3. The van der Waals surface area contributed by atoms with Crippen molar-refractivity contribution in [2.75, 3.05) is 5.32 Å². The van der Waals surface area contributed by atoms with Crippen molar-refractivity contribution in [3.63, 3.8) is 0 Å². The molecule has 0 aromatic heterocycles. The Balaban J connectivity index is 2.19. The van der Waals surface area contributed by atoms with Crippen LogP contribution in [0.5, 0.6) is 0 Å². The molecule has 21 heavy (non-hydrogen) atoms. The van der Waals surface area contributed by atoms with Crippen LogP contribution in [0.1, 0.15) is 16.7 Å². The number of anilines is 1. The molecular weight excluding hydrogens is 322 g/mol. The fourth-order valence-corrected chi connectivity index (χ4v) is 2.31. The smallest absolute Gasteiger partial charge is 0.380 e. The van der Waals surface area contributed by atoms with Crippen LogP contribution in [0.4, 0.5) is 18.9 Å². The van der Waals surface area contributed by atoms with Crippen molar-refractivity contribution in [3.8, 4) is 0 Å². The Morgan fingerprint density at radius 2 is 1.71 bits per heavy atom. The molecule has 2 aromatic carbocycles. The van der Waals surface area contributed by atoms with Gasteiger partial charge in [-0.1, -0.05) is 35.3 Å². The Labute approximate surface area is 130 Å². The van der Waals surface area contributed by atoms with E-state index in [9.17, 15) is 13.2 Å². The van der Waals surface area contributed by atoms with E-state index in [0.717, 1.165) is 23.3 Å². The lowest BCUT2D eigenvalue weighted by Gasteiger charge is -2.13. The molecule has 112 valence electrons. The van der Waals surface area contributed by atoms with Gasteiger partial charge >= 0.3 is 6.18 Å².